The summed E-state index contributed by atoms with van der Waals surface area (Å²) in [4.78, 5) is 11.8. The summed E-state index contributed by atoms with van der Waals surface area (Å²) >= 11 is 0. The first-order chi connectivity index (χ1) is 8.00. The highest BCUT2D eigenvalue weighted by Gasteiger charge is 2.24. The number of aliphatic hydroxyl groups is 1. The summed E-state index contributed by atoms with van der Waals surface area (Å²) in [5, 5.41) is 9.84. The number of carbonyl (C=O) groups excluding carboxylic acids is 1. The Balaban J connectivity index is 2.52. The molecule has 3 nitrogen and oxygen atoms in total. The third-order valence-corrected chi connectivity index (χ3v) is 2.62. The van der Waals surface area contributed by atoms with Crippen LogP contribution in [-0.4, -0.2) is 17.2 Å². The van der Waals surface area contributed by atoms with Crippen LogP contribution in [0.5, 0.6) is 5.75 Å². The van der Waals surface area contributed by atoms with E-state index in [0.29, 0.717) is 18.1 Å². The standard InChI is InChI=1S/C14H20O3/c1-10(2)9-13(15)11(3)14(16)17-12-7-5-4-6-8-12/h4-8,10-11,13,15H,9H2,1-3H3/t11-,13+/m1/s1. The van der Waals surface area contributed by atoms with Crippen LogP contribution in [0.25, 0.3) is 0 Å². The van der Waals surface area contributed by atoms with E-state index in [4.69, 9.17) is 4.74 Å². The van der Waals surface area contributed by atoms with Crippen LogP contribution in [0.1, 0.15) is 27.2 Å². The molecule has 1 aromatic rings. The van der Waals surface area contributed by atoms with Gasteiger partial charge in [-0.3, -0.25) is 4.79 Å². The summed E-state index contributed by atoms with van der Waals surface area (Å²) < 4.78 is 5.18. The molecular formula is C14H20O3. The van der Waals surface area contributed by atoms with E-state index in [1.807, 2.05) is 19.9 Å². The van der Waals surface area contributed by atoms with E-state index in [2.05, 4.69) is 0 Å². The van der Waals surface area contributed by atoms with Crippen molar-refractivity contribution in [2.24, 2.45) is 11.8 Å². The first-order valence-electron chi connectivity index (χ1n) is 5.95. The summed E-state index contributed by atoms with van der Waals surface area (Å²) in [5.41, 5.74) is 0. The zero-order valence-corrected chi connectivity index (χ0v) is 10.6. The lowest BCUT2D eigenvalue weighted by Crippen LogP contribution is -2.30. The molecule has 0 unspecified atom stereocenters. The molecule has 0 aromatic heterocycles. The second-order valence-electron chi connectivity index (χ2n) is 4.72. The minimum absolute atomic E-state index is 0.358. The van der Waals surface area contributed by atoms with Crippen LogP contribution in [0.15, 0.2) is 30.3 Å². The second kappa shape index (κ2) is 6.40. The largest absolute Gasteiger partial charge is 0.426 e. The third-order valence-electron chi connectivity index (χ3n) is 2.62. The van der Waals surface area contributed by atoms with E-state index in [-0.39, 0.29) is 5.97 Å². The van der Waals surface area contributed by atoms with Crippen LogP contribution in [-0.2, 0) is 4.79 Å². The van der Waals surface area contributed by atoms with Gasteiger partial charge in [0.05, 0.1) is 12.0 Å². The van der Waals surface area contributed by atoms with E-state index >= 15 is 0 Å². The Morgan fingerprint density at radius 2 is 1.82 bits per heavy atom. The zero-order valence-electron chi connectivity index (χ0n) is 10.6. The van der Waals surface area contributed by atoms with Crippen LogP contribution in [0, 0.1) is 11.8 Å². The number of carbonyl (C=O) groups is 1. The predicted molar refractivity (Wildman–Crippen MR) is 66.7 cm³/mol. The predicted octanol–water partition coefficient (Wildman–Crippen LogP) is 2.64. The molecule has 0 spiro atoms. The number of esters is 1. The van der Waals surface area contributed by atoms with Crippen LogP contribution < -0.4 is 4.74 Å². The molecule has 1 aromatic carbocycles. The van der Waals surface area contributed by atoms with Crippen molar-refractivity contribution in [2.45, 2.75) is 33.3 Å². The smallest absolute Gasteiger partial charge is 0.316 e. The molecule has 1 N–H and O–H groups in total. The number of hydrogen-bond donors (Lipinski definition) is 1. The molecule has 1 rings (SSSR count). The zero-order chi connectivity index (χ0) is 12.8. The van der Waals surface area contributed by atoms with Gasteiger partial charge >= 0.3 is 5.97 Å². The van der Waals surface area contributed by atoms with Gasteiger partial charge in [0.2, 0.25) is 0 Å². The molecule has 94 valence electrons. The minimum atomic E-state index is -0.647. The van der Waals surface area contributed by atoms with Gasteiger partial charge in [-0.15, -0.1) is 0 Å². The fourth-order valence-corrected chi connectivity index (χ4v) is 1.54. The van der Waals surface area contributed by atoms with Crippen molar-refractivity contribution in [3.63, 3.8) is 0 Å². The summed E-state index contributed by atoms with van der Waals surface area (Å²) in [7, 11) is 0. The number of ether oxygens (including phenoxy) is 1. The molecule has 17 heavy (non-hydrogen) atoms. The molecule has 0 aliphatic carbocycles. The van der Waals surface area contributed by atoms with Crippen molar-refractivity contribution in [3.8, 4) is 5.75 Å². The SMILES string of the molecule is CC(C)C[C@H](O)[C@@H](C)C(=O)Oc1ccccc1. The molecule has 0 amide bonds. The van der Waals surface area contributed by atoms with Gasteiger partial charge < -0.3 is 9.84 Å². The molecule has 0 heterocycles. The van der Waals surface area contributed by atoms with Crippen LogP contribution >= 0.6 is 0 Å². The highest BCUT2D eigenvalue weighted by atomic mass is 16.5. The van der Waals surface area contributed by atoms with Crippen molar-refractivity contribution in [1.29, 1.82) is 0 Å². The molecular weight excluding hydrogens is 216 g/mol. The number of hydrogen-bond acceptors (Lipinski definition) is 3. The molecule has 0 saturated heterocycles. The lowest BCUT2D eigenvalue weighted by Gasteiger charge is -2.19. The van der Waals surface area contributed by atoms with Gasteiger partial charge in [0.25, 0.3) is 0 Å². The van der Waals surface area contributed by atoms with E-state index in [1.165, 1.54) is 0 Å². The third kappa shape index (κ3) is 4.57. The normalized spacial score (nSPS) is 14.4. The van der Waals surface area contributed by atoms with Crippen LogP contribution in [0.3, 0.4) is 0 Å². The van der Waals surface area contributed by atoms with E-state index < -0.39 is 12.0 Å². The van der Waals surface area contributed by atoms with E-state index in [0.717, 1.165) is 0 Å². The first-order valence-corrected chi connectivity index (χ1v) is 5.95. The number of para-hydroxylation sites is 1. The van der Waals surface area contributed by atoms with E-state index in [9.17, 15) is 9.90 Å². The Morgan fingerprint density at radius 1 is 1.24 bits per heavy atom. The fourth-order valence-electron chi connectivity index (χ4n) is 1.54. The lowest BCUT2D eigenvalue weighted by molar-refractivity contribution is -0.142. The van der Waals surface area contributed by atoms with Crippen molar-refractivity contribution >= 4 is 5.97 Å². The summed E-state index contributed by atoms with van der Waals surface area (Å²) in [5.74, 6) is -0.0139. The van der Waals surface area contributed by atoms with Gasteiger partial charge in [-0.05, 0) is 31.4 Å². The van der Waals surface area contributed by atoms with Gasteiger partial charge in [-0.2, -0.15) is 0 Å². The fraction of sp³-hybridized carbons (Fsp3) is 0.500. The molecule has 0 fully saturated rings. The Labute approximate surface area is 102 Å². The lowest BCUT2D eigenvalue weighted by atomic mass is 9.96. The second-order valence-corrected chi connectivity index (χ2v) is 4.72. The van der Waals surface area contributed by atoms with Gasteiger partial charge in [-0.25, -0.2) is 0 Å². The summed E-state index contributed by atoms with van der Waals surface area (Å²) in [6.07, 6.45) is -0.0448. The molecule has 0 saturated carbocycles. The van der Waals surface area contributed by atoms with Crippen LogP contribution in [0.2, 0.25) is 0 Å². The highest BCUT2D eigenvalue weighted by Crippen LogP contribution is 2.17. The van der Waals surface area contributed by atoms with Crippen molar-refractivity contribution in [1.82, 2.24) is 0 Å². The average molecular weight is 236 g/mol. The number of aliphatic hydroxyl groups excluding tert-OH is 1. The maximum absolute atomic E-state index is 11.8. The topological polar surface area (TPSA) is 46.5 Å². The average Bonchev–Trinajstić information content (AvgIpc) is 2.28. The Morgan fingerprint density at radius 3 is 2.35 bits per heavy atom. The number of benzene rings is 1. The number of rotatable bonds is 5. The maximum Gasteiger partial charge on any atom is 0.316 e. The monoisotopic (exact) mass is 236 g/mol. The Kier molecular flexibility index (Phi) is 5.16. The molecule has 0 bridgehead atoms. The van der Waals surface area contributed by atoms with E-state index in [1.54, 1.807) is 31.2 Å². The maximum atomic E-state index is 11.8. The Bertz CT molecular complexity index is 346. The summed E-state index contributed by atoms with van der Waals surface area (Å²) in [6, 6.07) is 8.91. The van der Waals surface area contributed by atoms with Crippen molar-refractivity contribution in [2.75, 3.05) is 0 Å². The van der Waals surface area contributed by atoms with Crippen molar-refractivity contribution in [3.05, 3.63) is 30.3 Å². The molecule has 0 aliphatic heterocycles. The van der Waals surface area contributed by atoms with Gasteiger partial charge in [0.1, 0.15) is 5.75 Å². The first kappa shape index (κ1) is 13.7. The quantitative estimate of drug-likeness (QED) is 0.631. The summed E-state index contributed by atoms with van der Waals surface area (Å²) in [6.45, 7) is 5.72. The molecule has 0 aliphatic rings. The van der Waals surface area contributed by atoms with Gasteiger partial charge in [0.15, 0.2) is 0 Å². The molecule has 0 radical (unpaired) electrons. The van der Waals surface area contributed by atoms with Gasteiger partial charge in [-0.1, -0.05) is 32.0 Å². The Hall–Kier alpha value is -1.35. The van der Waals surface area contributed by atoms with Crippen molar-refractivity contribution < 1.29 is 14.6 Å². The molecule has 2 atom stereocenters. The molecule has 3 heteroatoms. The van der Waals surface area contributed by atoms with Gasteiger partial charge in [0, 0.05) is 0 Å². The van der Waals surface area contributed by atoms with Crippen LogP contribution in [0.4, 0.5) is 0 Å². The minimum Gasteiger partial charge on any atom is -0.426 e. The highest BCUT2D eigenvalue weighted by molar-refractivity contribution is 5.75.